The number of amides is 1. The molecule has 1 aromatic heterocycles. The average molecular weight is 527 g/mol. The quantitative estimate of drug-likeness (QED) is 0.338. The second kappa shape index (κ2) is 10.8. The van der Waals surface area contributed by atoms with E-state index < -0.39 is 11.7 Å². The van der Waals surface area contributed by atoms with Crippen LogP contribution < -0.4 is 15.8 Å². The van der Waals surface area contributed by atoms with Crippen molar-refractivity contribution in [2.45, 2.75) is 32.4 Å². The van der Waals surface area contributed by atoms with Crippen molar-refractivity contribution in [2.24, 2.45) is 0 Å². The summed E-state index contributed by atoms with van der Waals surface area (Å²) in [6.07, 6.45) is 3.51. The fourth-order valence-corrected chi connectivity index (χ4v) is 4.43. The van der Waals surface area contributed by atoms with E-state index in [4.69, 9.17) is 45.3 Å². The fourth-order valence-electron chi connectivity index (χ4n) is 3.78. The highest BCUT2D eigenvalue weighted by molar-refractivity contribution is 6.32. The van der Waals surface area contributed by atoms with E-state index in [1.54, 1.807) is 0 Å². The molecule has 0 unspecified atom stereocenters. The number of likely N-dealkylation sites (tertiary alicyclic amines) is 1. The van der Waals surface area contributed by atoms with E-state index in [0.717, 1.165) is 25.9 Å². The Morgan fingerprint density at radius 1 is 1.18 bits per heavy atom. The van der Waals surface area contributed by atoms with Crippen LogP contribution in [0.4, 0.5) is 10.1 Å². The molecule has 4 N–H and O–H groups in total. The van der Waals surface area contributed by atoms with E-state index in [1.807, 2.05) is 0 Å². The molecule has 1 saturated heterocycles. The van der Waals surface area contributed by atoms with E-state index in [-0.39, 0.29) is 39.5 Å². The summed E-state index contributed by atoms with van der Waals surface area (Å²) in [5.41, 5.74) is 6.43. The minimum absolute atomic E-state index is 0.0603. The molecular weight excluding hydrogens is 504 g/mol. The van der Waals surface area contributed by atoms with E-state index in [9.17, 15) is 4.79 Å². The van der Waals surface area contributed by atoms with Crippen LogP contribution in [0.3, 0.4) is 0 Å². The topological polar surface area (TPSA) is 96.3 Å². The van der Waals surface area contributed by atoms with Crippen LogP contribution in [-0.2, 0) is 13.1 Å². The Hall–Kier alpha value is -2.52. The van der Waals surface area contributed by atoms with Crippen LogP contribution in [0.15, 0.2) is 30.3 Å². The second-order valence-electron chi connectivity index (χ2n) is 8.04. The molecule has 0 atom stereocenters. The summed E-state index contributed by atoms with van der Waals surface area (Å²) in [6, 6.07) is 7.47. The number of hydrogen-bond acceptors (Lipinski definition) is 5. The van der Waals surface area contributed by atoms with Crippen LogP contribution in [0.25, 0.3) is 0 Å². The number of halogens is 4. The number of benzene rings is 2. The number of nitrogen functional groups attached to an aromatic ring is 1. The van der Waals surface area contributed by atoms with E-state index in [0.29, 0.717) is 23.1 Å². The average Bonchev–Trinajstić information content (AvgIpc) is 3.16. The maximum Gasteiger partial charge on any atom is 0.271 e. The fraction of sp³-hybridized carbons (Fsp3) is 0.304. The van der Waals surface area contributed by atoms with Crippen molar-refractivity contribution in [3.63, 3.8) is 0 Å². The first-order chi connectivity index (χ1) is 16.3. The first-order valence-corrected chi connectivity index (χ1v) is 11.9. The predicted molar refractivity (Wildman–Crippen MR) is 131 cm³/mol. The lowest BCUT2D eigenvalue weighted by Gasteiger charge is -2.25. The van der Waals surface area contributed by atoms with Gasteiger partial charge in [0.2, 0.25) is 0 Å². The lowest BCUT2D eigenvalue weighted by molar-refractivity contribution is 0.0946. The maximum atomic E-state index is 15.1. The lowest BCUT2D eigenvalue weighted by Crippen LogP contribution is -2.29. The highest BCUT2D eigenvalue weighted by Crippen LogP contribution is 2.35. The van der Waals surface area contributed by atoms with Crippen molar-refractivity contribution in [1.82, 2.24) is 20.2 Å². The van der Waals surface area contributed by atoms with E-state index in [1.165, 1.54) is 36.8 Å². The van der Waals surface area contributed by atoms with Crippen molar-refractivity contribution in [3.8, 4) is 11.5 Å². The van der Waals surface area contributed by atoms with Crippen LogP contribution >= 0.6 is 34.8 Å². The molecule has 2 heterocycles. The van der Waals surface area contributed by atoms with Crippen LogP contribution in [0, 0.1) is 5.82 Å². The van der Waals surface area contributed by atoms with Gasteiger partial charge in [0.15, 0.2) is 16.7 Å². The molecule has 0 aliphatic carbocycles. The monoisotopic (exact) mass is 525 g/mol. The number of hydrogen-bond donors (Lipinski definition) is 3. The molecule has 0 radical (unpaired) electrons. The molecule has 2 aromatic carbocycles. The number of anilines is 1. The Labute approximate surface area is 211 Å². The van der Waals surface area contributed by atoms with Gasteiger partial charge in [0, 0.05) is 28.9 Å². The number of carbonyl (C=O) groups is 1. The molecule has 1 aliphatic heterocycles. The van der Waals surface area contributed by atoms with Gasteiger partial charge in [-0.15, -0.1) is 0 Å². The predicted octanol–water partition coefficient (Wildman–Crippen LogP) is 5.80. The first kappa shape index (κ1) is 24.6. The van der Waals surface area contributed by atoms with Gasteiger partial charge in [-0.1, -0.05) is 47.3 Å². The highest BCUT2D eigenvalue weighted by atomic mass is 35.5. The summed E-state index contributed by atoms with van der Waals surface area (Å²) in [5, 5.41) is 3.13. The molecule has 1 fully saturated rings. The number of H-pyrrole nitrogens is 1. The summed E-state index contributed by atoms with van der Waals surface area (Å²) in [4.78, 5) is 22.2. The molecule has 0 spiro atoms. The number of rotatable bonds is 7. The van der Waals surface area contributed by atoms with Crippen LogP contribution in [-0.4, -0.2) is 33.9 Å². The van der Waals surface area contributed by atoms with E-state index in [2.05, 4.69) is 20.2 Å². The molecule has 34 heavy (non-hydrogen) atoms. The van der Waals surface area contributed by atoms with Gasteiger partial charge in [-0.2, -0.15) is 0 Å². The van der Waals surface area contributed by atoms with Gasteiger partial charge in [0.1, 0.15) is 17.3 Å². The Kier molecular flexibility index (Phi) is 7.83. The van der Waals surface area contributed by atoms with E-state index >= 15 is 4.39 Å². The van der Waals surface area contributed by atoms with Crippen molar-refractivity contribution >= 4 is 46.4 Å². The number of carbonyl (C=O) groups excluding carboxylic acids is 1. The third-order valence-corrected chi connectivity index (χ3v) is 6.23. The number of nitrogens with zero attached hydrogens (tertiary/aromatic N) is 2. The van der Waals surface area contributed by atoms with Crippen LogP contribution in [0.5, 0.6) is 11.5 Å². The number of nitrogens with one attached hydrogen (secondary N) is 2. The van der Waals surface area contributed by atoms with Gasteiger partial charge in [0.25, 0.3) is 5.91 Å². The van der Waals surface area contributed by atoms with Crippen LogP contribution in [0.1, 0.15) is 41.1 Å². The molecule has 3 aromatic rings. The van der Waals surface area contributed by atoms with Crippen molar-refractivity contribution in [2.75, 3.05) is 18.8 Å². The Morgan fingerprint density at radius 2 is 1.94 bits per heavy atom. The number of nitrogens with two attached hydrogens (primary N) is 1. The maximum absolute atomic E-state index is 15.1. The standard InChI is InChI=1S/C23H23Cl3FN5O2/c24-14-8-15(28)10-16(9-14)34-21-17(25)5-4-13(19(21)27)11-29-23(33)20-22(26)31-18(30-20)12-32-6-2-1-3-7-32/h4-5,8-10H,1-3,6-7,11-12,28H2,(H,29,33)(H,30,31). The van der Waals surface area contributed by atoms with Crippen molar-refractivity contribution in [1.29, 1.82) is 0 Å². The molecule has 11 heteroatoms. The minimum atomic E-state index is -0.715. The number of aromatic nitrogens is 2. The zero-order chi connectivity index (χ0) is 24.2. The molecular formula is C23H23Cl3FN5O2. The second-order valence-corrected chi connectivity index (χ2v) is 9.24. The summed E-state index contributed by atoms with van der Waals surface area (Å²) >= 11 is 18.3. The number of imidazole rings is 1. The third-order valence-electron chi connectivity index (χ3n) is 5.44. The normalized spacial score (nSPS) is 14.2. The molecule has 180 valence electrons. The van der Waals surface area contributed by atoms with Crippen LogP contribution in [0.2, 0.25) is 15.2 Å². The lowest BCUT2D eigenvalue weighted by atomic mass is 10.1. The minimum Gasteiger partial charge on any atom is -0.453 e. The van der Waals surface area contributed by atoms with Gasteiger partial charge in [-0.05, 0) is 44.1 Å². The highest BCUT2D eigenvalue weighted by Gasteiger charge is 2.20. The molecule has 1 amide bonds. The summed E-state index contributed by atoms with van der Waals surface area (Å²) in [6.45, 7) is 2.45. The van der Waals surface area contributed by atoms with Gasteiger partial charge in [-0.25, -0.2) is 9.37 Å². The third kappa shape index (κ3) is 5.93. The summed E-state index contributed by atoms with van der Waals surface area (Å²) in [7, 11) is 0. The zero-order valence-electron chi connectivity index (χ0n) is 18.1. The zero-order valence-corrected chi connectivity index (χ0v) is 20.4. The molecule has 1 aliphatic rings. The Balaban J connectivity index is 1.44. The molecule has 7 nitrogen and oxygen atoms in total. The number of aromatic amines is 1. The Morgan fingerprint density at radius 3 is 2.68 bits per heavy atom. The summed E-state index contributed by atoms with van der Waals surface area (Å²) in [5.74, 6) is -0.559. The molecule has 4 rings (SSSR count). The largest absolute Gasteiger partial charge is 0.453 e. The smallest absolute Gasteiger partial charge is 0.271 e. The van der Waals surface area contributed by atoms with Crippen molar-refractivity contribution < 1.29 is 13.9 Å². The van der Waals surface area contributed by atoms with Gasteiger partial charge >= 0.3 is 0 Å². The number of piperidine rings is 1. The summed E-state index contributed by atoms with van der Waals surface area (Å²) < 4.78 is 20.7. The Bertz CT molecular complexity index is 1180. The van der Waals surface area contributed by atoms with Crippen molar-refractivity contribution in [3.05, 3.63) is 68.4 Å². The number of ether oxygens (including phenoxy) is 1. The molecule has 0 saturated carbocycles. The van der Waals surface area contributed by atoms with Gasteiger partial charge in [0.05, 0.1) is 11.6 Å². The van der Waals surface area contributed by atoms with Gasteiger partial charge < -0.3 is 20.8 Å². The van der Waals surface area contributed by atoms with Gasteiger partial charge in [-0.3, -0.25) is 9.69 Å². The molecule has 0 bridgehead atoms. The first-order valence-electron chi connectivity index (χ1n) is 10.8. The SMILES string of the molecule is Nc1cc(Cl)cc(Oc2c(Cl)ccc(CNC(=O)c3[nH]c(CN4CCCCC4)nc3Cl)c2F)c1.